The highest BCUT2D eigenvalue weighted by molar-refractivity contribution is 8.07. The summed E-state index contributed by atoms with van der Waals surface area (Å²) in [6.45, 7) is 3.04. The topological polar surface area (TPSA) is 116 Å². The smallest absolute Gasteiger partial charge is 0.327 e. The average Bonchev–Trinajstić information content (AvgIpc) is 3.13. The molecular formula is C15H20Cl2N5O5PS. The normalized spacial score (nSPS) is 31.3. The predicted molar refractivity (Wildman–Crippen MR) is 111 cm³/mol. The summed E-state index contributed by atoms with van der Waals surface area (Å²) >= 11 is 18.9. The van der Waals surface area contributed by atoms with Crippen LogP contribution in [0.25, 0.3) is 11.2 Å². The molecule has 0 saturated carbocycles. The number of imidazole rings is 1. The van der Waals surface area contributed by atoms with Gasteiger partial charge in [0, 0.05) is 0 Å². The van der Waals surface area contributed by atoms with Gasteiger partial charge in [0.25, 0.3) is 0 Å². The summed E-state index contributed by atoms with van der Waals surface area (Å²) in [5, 5.41) is 0. The Morgan fingerprint density at radius 2 is 2.21 bits per heavy atom. The van der Waals surface area contributed by atoms with E-state index in [1.165, 1.54) is 6.33 Å². The Hall–Kier alpha value is -0.780. The lowest BCUT2D eigenvalue weighted by Crippen LogP contribution is -2.42. The first-order valence-corrected chi connectivity index (χ1v) is 12.2. The molecule has 160 valence electrons. The second-order valence-electron chi connectivity index (χ2n) is 6.77. The molecule has 10 nitrogen and oxygen atoms in total. The maximum Gasteiger partial charge on any atom is 0.327 e. The SMILES string of the molecule is CCOc1nc(N)nc2c1ncn2C1OC2COP(=S)(OC(C)C)OC2C1(Cl)Cl. The quantitative estimate of drug-likeness (QED) is 0.502. The molecule has 14 heteroatoms. The fourth-order valence-corrected chi connectivity index (χ4v) is 6.58. The van der Waals surface area contributed by atoms with Crippen molar-refractivity contribution in [3.05, 3.63) is 6.33 Å². The summed E-state index contributed by atoms with van der Waals surface area (Å²) in [5.74, 6) is 0.285. The zero-order valence-corrected chi connectivity index (χ0v) is 19.0. The molecule has 0 spiro atoms. The molecule has 29 heavy (non-hydrogen) atoms. The van der Waals surface area contributed by atoms with E-state index in [2.05, 4.69) is 15.0 Å². The maximum atomic E-state index is 6.72. The van der Waals surface area contributed by atoms with Crippen LogP contribution in [0.15, 0.2) is 6.33 Å². The average molecular weight is 484 g/mol. The van der Waals surface area contributed by atoms with Crippen LogP contribution in [-0.4, -0.2) is 55.4 Å². The van der Waals surface area contributed by atoms with Crippen LogP contribution in [0.2, 0.25) is 0 Å². The molecule has 4 heterocycles. The highest BCUT2D eigenvalue weighted by atomic mass is 35.5. The Labute approximate surface area is 182 Å². The van der Waals surface area contributed by atoms with Gasteiger partial charge in [-0.3, -0.25) is 9.09 Å². The van der Waals surface area contributed by atoms with E-state index in [-0.39, 0.29) is 24.5 Å². The van der Waals surface area contributed by atoms with Crippen LogP contribution in [0.5, 0.6) is 5.88 Å². The second kappa shape index (κ2) is 7.72. The Morgan fingerprint density at radius 3 is 2.90 bits per heavy atom. The van der Waals surface area contributed by atoms with E-state index in [1.54, 1.807) is 4.57 Å². The van der Waals surface area contributed by atoms with Crippen molar-refractivity contribution in [2.45, 2.75) is 49.6 Å². The van der Waals surface area contributed by atoms with Crippen molar-refractivity contribution in [2.75, 3.05) is 18.9 Å². The molecule has 0 bridgehead atoms. The van der Waals surface area contributed by atoms with Crippen molar-refractivity contribution in [3.63, 3.8) is 0 Å². The number of aromatic nitrogens is 4. The molecule has 2 fully saturated rings. The lowest BCUT2D eigenvalue weighted by atomic mass is 10.2. The Morgan fingerprint density at radius 1 is 1.45 bits per heavy atom. The molecule has 4 unspecified atom stereocenters. The van der Waals surface area contributed by atoms with Crippen molar-refractivity contribution in [2.24, 2.45) is 0 Å². The summed E-state index contributed by atoms with van der Waals surface area (Å²) in [6, 6.07) is 0. The van der Waals surface area contributed by atoms with Crippen LogP contribution in [0.1, 0.15) is 27.0 Å². The van der Waals surface area contributed by atoms with Gasteiger partial charge in [-0.1, -0.05) is 23.2 Å². The number of hydrogen-bond acceptors (Lipinski definition) is 10. The summed E-state index contributed by atoms with van der Waals surface area (Å²) in [6.07, 6.45) is -0.893. The molecule has 0 aromatic carbocycles. The fraction of sp³-hybridized carbons (Fsp3) is 0.667. The molecule has 2 aromatic rings. The molecule has 0 aliphatic carbocycles. The van der Waals surface area contributed by atoms with Crippen LogP contribution in [0.4, 0.5) is 5.95 Å². The van der Waals surface area contributed by atoms with Gasteiger partial charge in [-0.05, 0) is 32.6 Å². The van der Waals surface area contributed by atoms with Gasteiger partial charge in [0.05, 0.1) is 25.6 Å². The number of nitrogens with two attached hydrogens (primary N) is 1. The number of rotatable bonds is 5. The van der Waals surface area contributed by atoms with Crippen LogP contribution >= 0.6 is 29.9 Å². The van der Waals surface area contributed by atoms with Gasteiger partial charge in [-0.15, -0.1) is 0 Å². The zero-order chi connectivity index (χ0) is 21.0. The lowest BCUT2D eigenvalue weighted by molar-refractivity contribution is -0.0632. The molecule has 0 amide bonds. The van der Waals surface area contributed by atoms with Crippen molar-refractivity contribution >= 4 is 58.8 Å². The van der Waals surface area contributed by atoms with Crippen molar-refractivity contribution < 1.29 is 23.0 Å². The van der Waals surface area contributed by atoms with Crippen LogP contribution in [-0.2, 0) is 30.1 Å². The van der Waals surface area contributed by atoms with Gasteiger partial charge >= 0.3 is 6.72 Å². The largest absolute Gasteiger partial charge is 0.476 e. The standard InChI is InChI=1S/C15H20Cl2N5O5PS/c1-4-23-12-9-11(20-14(18)21-12)22(6-19-9)13-15(16,17)10-8(25-13)5-24-28(29,27-10)26-7(2)3/h6-8,10,13H,4-5H2,1-3H3,(H2,18,20,21). The monoisotopic (exact) mass is 483 g/mol. The van der Waals surface area contributed by atoms with E-state index in [0.29, 0.717) is 17.8 Å². The molecule has 0 radical (unpaired) electrons. The van der Waals surface area contributed by atoms with Crippen LogP contribution < -0.4 is 10.5 Å². The number of nitrogens with zero attached hydrogens (tertiary/aromatic N) is 4. The Kier molecular flexibility index (Phi) is 5.71. The number of halogens is 2. The molecule has 2 saturated heterocycles. The van der Waals surface area contributed by atoms with E-state index >= 15 is 0 Å². The van der Waals surface area contributed by atoms with Gasteiger partial charge < -0.3 is 24.3 Å². The predicted octanol–water partition coefficient (Wildman–Crippen LogP) is 2.94. The van der Waals surface area contributed by atoms with Gasteiger partial charge in [-0.2, -0.15) is 9.97 Å². The molecule has 2 aliphatic heterocycles. The van der Waals surface area contributed by atoms with Gasteiger partial charge in [0.1, 0.15) is 12.2 Å². The van der Waals surface area contributed by atoms with Gasteiger partial charge in [0.15, 0.2) is 21.7 Å². The summed E-state index contributed by atoms with van der Waals surface area (Å²) in [5.41, 5.74) is 6.61. The lowest BCUT2D eigenvalue weighted by Gasteiger charge is -2.36. The number of anilines is 1. The van der Waals surface area contributed by atoms with E-state index < -0.39 is 29.5 Å². The number of ether oxygens (including phenoxy) is 2. The molecule has 4 rings (SSSR count). The van der Waals surface area contributed by atoms with Crippen molar-refractivity contribution in [1.29, 1.82) is 0 Å². The molecule has 4 atom stereocenters. The molecule has 2 aromatic heterocycles. The Balaban J connectivity index is 1.70. The minimum atomic E-state index is -3.00. The highest BCUT2D eigenvalue weighted by Gasteiger charge is 2.61. The minimum absolute atomic E-state index is 0.0216. The van der Waals surface area contributed by atoms with Crippen molar-refractivity contribution in [1.82, 2.24) is 19.5 Å². The third-order valence-corrected chi connectivity index (χ3v) is 7.54. The minimum Gasteiger partial charge on any atom is -0.476 e. The first-order valence-electron chi connectivity index (χ1n) is 8.92. The van der Waals surface area contributed by atoms with E-state index in [0.717, 1.165) is 0 Å². The molecular weight excluding hydrogens is 464 g/mol. The third kappa shape index (κ3) is 3.83. The number of fused-ring (bicyclic) bond motifs is 2. The van der Waals surface area contributed by atoms with E-state index in [9.17, 15) is 0 Å². The highest BCUT2D eigenvalue weighted by Crippen LogP contribution is 2.62. The van der Waals surface area contributed by atoms with Gasteiger partial charge in [-0.25, -0.2) is 4.98 Å². The third-order valence-electron chi connectivity index (χ3n) is 4.27. The van der Waals surface area contributed by atoms with Crippen LogP contribution in [0, 0.1) is 0 Å². The van der Waals surface area contributed by atoms with E-state index in [1.807, 2.05) is 20.8 Å². The zero-order valence-electron chi connectivity index (χ0n) is 15.8. The number of nitrogen functional groups attached to an aromatic ring is 1. The number of hydrogen-bond donors (Lipinski definition) is 1. The van der Waals surface area contributed by atoms with E-state index in [4.69, 9.17) is 63.8 Å². The maximum absolute atomic E-state index is 6.72. The van der Waals surface area contributed by atoms with Gasteiger partial charge in [0.2, 0.25) is 11.8 Å². The van der Waals surface area contributed by atoms with Crippen molar-refractivity contribution in [3.8, 4) is 5.88 Å². The second-order valence-corrected chi connectivity index (χ2v) is 11.1. The molecule has 2 N–H and O–H groups in total. The summed E-state index contributed by atoms with van der Waals surface area (Å²) < 4.78 is 28.9. The summed E-state index contributed by atoms with van der Waals surface area (Å²) in [7, 11) is 0. The Bertz CT molecular complexity index is 976. The molecule has 2 aliphatic rings. The fourth-order valence-electron chi connectivity index (χ4n) is 3.20. The first-order chi connectivity index (χ1) is 13.6. The number of alkyl halides is 2. The summed E-state index contributed by atoms with van der Waals surface area (Å²) in [4.78, 5) is 12.7. The van der Waals surface area contributed by atoms with Crippen LogP contribution in [0.3, 0.4) is 0 Å². The first kappa shape index (κ1) is 21.5.